The van der Waals surface area contributed by atoms with Crippen LogP contribution in [0.3, 0.4) is 0 Å². The van der Waals surface area contributed by atoms with Crippen LogP contribution in [0.1, 0.15) is 42.7 Å². The van der Waals surface area contributed by atoms with E-state index in [1.807, 2.05) is 0 Å². The van der Waals surface area contributed by atoms with E-state index in [-0.39, 0.29) is 5.91 Å². The van der Waals surface area contributed by atoms with Crippen LogP contribution < -0.4 is 5.32 Å². The first-order valence-corrected chi connectivity index (χ1v) is 7.44. The maximum absolute atomic E-state index is 12.4. The van der Waals surface area contributed by atoms with Gasteiger partial charge in [0.2, 0.25) is 5.91 Å². The van der Waals surface area contributed by atoms with Gasteiger partial charge in [0.15, 0.2) is 0 Å². The summed E-state index contributed by atoms with van der Waals surface area (Å²) in [5, 5.41) is 2.57. The van der Waals surface area contributed by atoms with Gasteiger partial charge in [-0.1, -0.05) is 12.1 Å². The number of likely N-dealkylation sites (N-methyl/N-ethyl adjacent to an activating group) is 1. The number of hydrogen-bond donors (Lipinski definition) is 1. The Kier molecular flexibility index (Phi) is 6.34. The number of methoxy groups -OCH3 is 1. The van der Waals surface area contributed by atoms with Crippen LogP contribution in [0.2, 0.25) is 0 Å². The van der Waals surface area contributed by atoms with Crippen molar-refractivity contribution in [3.63, 3.8) is 0 Å². The fraction of sp³-hybridized carbons (Fsp3) is 0.471. The number of carbonyl (C=O) groups excluding carboxylic acids is 3. The zero-order chi connectivity index (χ0) is 18.5. The Balaban J connectivity index is 3.04. The number of hydrogen-bond acceptors (Lipinski definition) is 5. The zero-order valence-corrected chi connectivity index (χ0v) is 14.9. The van der Waals surface area contributed by atoms with Gasteiger partial charge in [-0.2, -0.15) is 0 Å². The van der Waals surface area contributed by atoms with Crippen molar-refractivity contribution in [3.8, 4) is 0 Å². The molecular weight excluding hydrogens is 312 g/mol. The second kappa shape index (κ2) is 7.81. The lowest BCUT2D eigenvalue weighted by atomic mass is 10.0. The number of ether oxygens (including phenoxy) is 2. The summed E-state index contributed by atoms with van der Waals surface area (Å²) in [6.07, 6.45) is -0.695. The van der Waals surface area contributed by atoms with Crippen molar-refractivity contribution in [1.29, 1.82) is 0 Å². The Hall–Kier alpha value is -2.57. The average Bonchev–Trinajstić information content (AvgIpc) is 2.49. The van der Waals surface area contributed by atoms with E-state index in [1.54, 1.807) is 47.0 Å². The summed E-state index contributed by atoms with van der Waals surface area (Å²) in [7, 11) is 4.47. The molecule has 0 radical (unpaired) electrons. The maximum Gasteiger partial charge on any atom is 0.408 e. The molecule has 0 unspecified atom stereocenters. The van der Waals surface area contributed by atoms with Gasteiger partial charge in [0, 0.05) is 14.1 Å². The molecule has 24 heavy (non-hydrogen) atoms. The lowest BCUT2D eigenvalue weighted by Crippen LogP contribution is -2.42. The highest BCUT2D eigenvalue weighted by molar-refractivity contribution is 5.90. The molecular formula is C17H24N2O5. The molecule has 1 aromatic rings. The minimum absolute atomic E-state index is 0.313. The van der Waals surface area contributed by atoms with Gasteiger partial charge < -0.3 is 19.7 Å². The van der Waals surface area contributed by atoms with E-state index in [0.717, 1.165) is 0 Å². The number of rotatable bonds is 4. The standard InChI is InChI=1S/C17H24N2O5/c1-17(2,3)24-16(22)18-13(14(20)19(4)5)11-7-9-12(10-8-11)15(21)23-6/h7-10,13H,1-6H3,(H,18,22)/t13-/m1/s1. The van der Waals surface area contributed by atoms with Gasteiger partial charge in [0.1, 0.15) is 11.6 Å². The highest BCUT2D eigenvalue weighted by Crippen LogP contribution is 2.18. The van der Waals surface area contributed by atoms with Gasteiger partial charge in [-0.05, 0) is 38.5 Å². The van der Waals surface area contributed by atoms with Crippen molar-refractivity contribution in [2.75, 3.05) is 21.2 Å². The van der Waals surface area contributed by atoms with E-state index < -0.39 is 23.7 Å². The Morgan fingerprint density at radius 3 is 2.04 bits per heavy atom. The molecule has 132 valence electrons. The second-order valence-corrected chi connectivity index (χ2v) is 6.43. The molecule has 1 N–H and O–H groups in total. The van der Waals surface area contributed by atoms with E-state index in [4.69, 9.17) is 4.74 Å². The van der Waals surface area contributed by atoms with Crippen LogP contribution in [0.4, 0.5) is 4.79 Å². The number of amides is 2. The number of nitrogens with one attached hydrogen (secondary N) is 1. The monoisotopic (exact) mass is 336 g/mol. The van der Waals surface area contributed by atoms with Crippen molar-refractivity contribution < 1.29 is 23.9 Å². The van der Waals surface area contributed by atoms with E-state index in [0.29, 0.717) is 11.1 Å². The van der Waals surface area contributed by atoms with Gasteiger partial charge in [-0.15, -0.1) is 0 Å². The van der Waals surface area contributed by atoms with Crippen LogP contribution in [0.15, 0.2) is 24.3 Å². The molecule has 1 rings (SSSR count). The molecule has 0 heterocycles. The number of benzene rings is 1. The molecule has 0 saturated carbocycles. The zero-order valence-electron chi connectivity index (χ0n) is 14.9. The molecule has 2 amide bonds. The van der Waals surface area contributed by atoms with Crippen molar-refractivity contribution in [3.05, 3.63) is 35.4 Å². The summed E-state index contributed by atoms with van der Waals surface area (Å²) in [6, 6.07) is 5.34. The molecule has 0 aliphatic rings. The van der Waals surface area contributed by atoms with Crippen LogP contribution in [-0.2, 0) is 14.3 Å². The van der Waals surface area contributed by atoms with E-state index in [9.17, 15) is 14.4 Å². The highest BCUT2D eigenvalue weighted by Gasteiger charge is 2.27. The fourth-order valence-corrected chi connectivity index (χ4v) is 1.90. The van der Waals surface area contributed by atoms with Crippen LogP contribution >= 0.6 is 0 Å². The smallest absolute Gasteiger partial charge is 0.408 e. The van der Waals surface area contributed by atoms with E-state index >= 15 is 0 Å². The molecule has 1 atom stereocenters. The average molecular weight is 336 g/mol. The summed E-state index contributed by atoms with van der Waals surface area (Å²) >= 11 is 0. The Labute approximate surface area is 141 Å². The third-order valence-electron chi connectivity index (χ3n) is 3.01. The Morgan fingerprint density at radius 1 is 1.08 bits per heavy atom. The number of nitrogens with zero attached hydrogens (tertiary/aromatic N) is 1. The predicted molar refractivity (Wildman–Crippen MR) is 88.6 cm³/mol. The fourth-order valence-electron chi connectivity index (χ4n) is 1.90. The number of alkyl carbamates (subject to hydrolysis) is 1. The van der Waals surface area contributed by atoms with Crippen molar-refractivity contribution in [2.45, 2.75) is 32.4 Å². The second-order valence-electron chi connectivity index (χ2n) is 6.43. The van der Waals surface area contributed by atoms with Gasteiger partial charge >= 0.3 is 12.1 Å². The molecule has 0 aromatic heterocycles. The van der Waals surface area contributed by atoms with Gasteiger partial charge in [-0.25, -0.2) is 9.59 Å². The molecule has 1 aromatic carbocycles. The Morgan fingerprint density at radius 2 is 1.62 bits per heavy atom. The largest absolute Gasteiger partial charge is 0.465 e. The molecule has 0 bridgehead atoms. The minimum atomic E-state index is -0.915. The van der Waals surface area contributed by atoms with Gasteiger partial charge in [0.05, 0.1) is 12.7 Å². The first-order chi connectivity index (χ1) is 11.0. The normalized spacial score (nSPS) is 12.1. The summed E-state index contributed by atoms with van der Waals surface area (Å²) in [4.78, 5) is 37.3. The molecule has 0 aliphatic carbocycles. The van der Waals surface area contributed by atoms with E-state index in [1.165, 1.54) is 24.1 Å². The maximum atomic E-state index is 12.4. The topological polar surface area (TPSA) is 84.9 Å². The van der Waals surface area contributed by atoms with Crippen molar-refractivity contribution in [2.24, 2.45) is 0 Å². The summed E-state index contributed by atoms with van der Waals surface area (Å²) in [6.45, 7) is 5.21. The first-order valence-electron chi connectivity index (χ1n) is 7.44. The van der Waals surface area contributed by atoms with Crippen LogP contribution in [0, 0.1) is 0 Å². The summed E-state index contributed by atoms with van der Waals surface area (Å²) < 4.78 is 9.84. The first kappa shape index (κ1) is 19.5. The highest BCUT2D eigenvalue weighted by atomic mass is 16.6. The quantitative estimate of drug-likeness (QED) is 0.852. The molecule has 0 spiro atoms. The molecule has 0 saturated heterocycles. The molecule has 7 nitrogen and oxygen atoms in total. The van der Waals surface area contributed by atoms with E-state index in [2.05, 4.69) is 10.1 Å². The summed E-state index contributed by atoms with van der Waals surface area (Å²) in [5.41, 5.74) is 0.214. The SMILES string of the molecule is COC(=O)c1ccc([C@@H](NC(=O)OC(C)(C)C)C(=O)N(C)C)cc1. The minimum Gasteiger partial charge on any atom is -0.465 e. The third kappa shape index (κ3) is 5.57. The molecule has 0 fully saturated rings. The third-order valence-corrected chi connectivity index (χ3v) is 3.01. The van der Waals surface area contributed by atoms with Crippen LogP contribution in [0.5, 0.6) is 0 Å². The number of esters is 1. The van der Waals surface area contributed by atoms with Gasteiger partial charge in [0.25, 0.3) is 0 Å². The lowest BCUT2D eigenvalue weighted by Gasteiger charge is -2.25. The van der Waals surface area contributed by atoms with Crippen molar-refractivity contribution >= 4 is 18.0 Å². The molecule has 0 aliphatic heterocycles. The Bertz CT molecular complexity index is 602. The van der Waals surface area contributed by atoms with Crippen molar-refractivity contribution in [1.82, 2.24) is 10.2 Å². The van der Waals surface area contributed by atoms with Crippen LogP contribution in [0.25, 0.3) is 0 Å². The summed E-state index contributed by atoms with van der Waals surface area (Å²) in [5.74, 6) is -0.788. The number of carbonyl (C=O) groups is 3. The predicted octanol–water partition coefficient (Wildman–Crippen LogP) is 2.13. The molecule has 7 heteroatoms. The van der Waals surface area contributed by atoms with Crippen LogP contribution in [-0.4, -0.2) is 49.7 Å². The van der Waals surface area contributed by atoms with Gasteiger partial charge in [-0.3, -0.25) is 4.79 Å². The lowest BCUT2D eigenvalue weighted by molar-refractivity contribution is -0.131.